The van der Waals surface area contributed by atoms with E-state index < -0.39 is 40.3 Å². The van der Waals surface area contributed by atoms with Gasteiger partial charge in [-0.1, -0.05) is 13.8 Å². The van der Waals surface area contributed by atoms with E-state index in [1.54, 1.807) is 0 Å². The van der Waals surface area contributed by atoms with Gasteiger partial charge in [0.1, 0.15) is 11.2 Å². The van der Waals surface area contributed by atoms with Crippen molar-refractivity contribution in [1.82, 2.24) is 0 Å². The molecule has 0 radical (unpaired) electrons. The molecule has 0 unspecified atom stereocenters. The van der Waals surface area contributed by atoms with Gasteiger partial charge in [0.25, 0.3) is 0 Å². The lowest BCUT2D eigenvalue weighted by Gasteiger charge is -2.63. The number of aliphatic hydroxyl groups excluding tert-OH is 2. The smallest absolute Gasteiger partial charge is 0.165 e. The van der Waals surface area contributed by atoms with Crippen molar-refractivity contribution >= 4 is 11.6 Å². The van der Waals surface area contributed by atoms with Gasteiger partial charge in [-0.3, -0.25) is 9.59 Å². The zero-order valence-electron chi connectivity index (χ0n) is 16.9. The lowest BCUT2D eigenvalue weighted by Crippen LogP contribution is -2.70. The molecule has 0 aliphatic heterocycles. The Hall–Kier alpha value is -0.860. The van der Waals surface area contributed by atoms with E-state index in [4.69, 9.17) is 5.73 Å². The SMILES string of the molecule is CC(=O)[C@@]1(O)[C@H](N)C[C@H]2[C@@H]3CC(=O)[C@@]4(O)C[C@H](O)[C@H](O)C[C@]4(C)[C@H]3CC[C@@]21C. The zero-order valence-corrected chi connectivity index (χ0v) is 16.9. The Morgan fingerprint density at radius 3 is 2.29 bits per heavy atom. The van der Waals surface area contributed by atoms with Crippen LogP contribution in [0.1, 0.15) is 59.3 Å². The topological polar surface area (TPSA) is 141 Å². The van der Waals surface area contributed by atoms with E-state index in [0.29, 0.717) is 19.3 Å². The van der Waals surface area contributed by atoms with Crippen LogP contribution in [0.5, 0.6) is 0 Å². The van der Waals surface area contributed by atoms with Crippen molar-refractivity contribution in [3.05, 3.63) is 0 Å². The van der Waals surface area contributed by atoms with Crippen molar-refractivity contribution in [3.63, 3.8) is 0 Å². The number of fused-ring (bicyclic) bond motifs is 5. The fourth-order valence-corrected chi connectivity index (χ4v) is 7.81. The Balaban J connectivity index is 1.77. The monoisotopic (exact) mass is 395 g/mol. The number of hydrogen-bond acceptors (Lipinski definition) is 7. The van der Waals surface area contributed by atoms with Crippen LogP contribution in [0.3, 0.4) is 0 Å². The van der Waals surface area contributed by atoms with E-state index in [-0.39, 0.29) is 48.6 Å². The Bertz CT molecular complexity index is 728. The first-order chi connectivity index (χ1) is 12.8. The Labute approximate surface area is 165 Å². The summed E-state index contributed by atoms with van der Waals surface area (Å²) < 4.78 is 0. The number of carbonyl (C=O) groups excluding carboxylic acids is 2. The first kappa shape index (κ1) is 20.4. The Kier molecular flexibility index (Phi) is 4.27. The lowest BCUT2D eigenvalue weighted by atomic mass is 9.42. The molecular weight excluding hydrogens is 362 g/mol. The molecule has 7 nitrogen and oxygen atoms in total. The van der Waals surface area contributed by atoms with Gasteiger partial charge in [-0.05, 0) is 50.4 Å². The summed E-state index contributed by atoms with van der Waals surface area (Å²) in [5.74, 6) is -0.900. The Morgan fingerprint density at radius 2 is 1.68 bits per heavy atom. The van der Waals surface area contributed by atoms with Crippen LogP contribution < -0.4 is 5.73 Å². The average molecular weight is 395 g/mol. The molecule has 7 heteroatoms. The molecule has 0 aromatic carbocycles. The summed E-state index contributed by atoms with van der Waals surface area (Å²) in [6, 6.07) is -0.679. The second-order valence-corrected chi connectivity index (χ2v) is 10.4. The van der Waals surface area contributed by atoms with Gasteiger partial charge < -0.3 is 26.2 Å². The molecular formula is C21H33NO6. The average Bonchev–Trinajstić information content (AvgIpc) is 2.81. The maximum atomic E-state index is 13.1. The van der Waals surface area contributed by atoms with E-state index in [2.05, 4.69) is 0 Å². The number of hydrogen-bond donors (Lipinski definition) is 5. The van der Waals surface area contributed by atoms with E-state index >= 15 is 0 Å². The molecule has 0 aromatic rings. The molecule has 10 atom stereocenters. The second kappa shape index (κ2) is 5.85. The minimum atomic E-state index is -1.65. The number of Topliss-reactive ketones (excluding diaryl/α,β-unsaturated/α-hetero) is 2. The maximum absolute atomic E-state index is 13.1. The van der Waals surface area contributed by atoms with Crippen LogP contribution in [0.15, 0.2) is 0 Å². The van der Waals surface area contributed by atoms with Crippen molar-refractivity contribution in [1.29, 1.82) is 0 Å². The largest absolute Gasteiger partial charge is 0.390 e. The number of rotatable bonds is 1. The molecule has 4 rings (SSSR count). The van der Waals surface area contributed by atoms with Crippen LogP contribution in [0, 0.1) is 28.6 Å². The van der Waals surface area contributed by atoms with Gasteiger partial charge in [0, 0.05) is 29.7 Å². The minimum Gasteiger partial charge on any atom is -0.390 e. The quantitative estimate of drug-likeness (QED) is 0.418. The summed E-state index contributed by atoms with van der Waals surface area (Å²) in [4.78, 5) is 25.5. The van der Waals surface area contributed by atoms with Gasteiger partial charge in [-0.15, -0.1) is 0 Å². The molecule has 0 amide bonds. The minimum absolute atomic E-state index is 0.0445. The van der Waals surface area contributed by atoms with Gasteiger partial charge in [-0.2, -0.15) is 0 Å². The third-order valence-electron chi connectivity index (χ3n) is 9.51. The standard InChI is InChI=1S/C21H33NO6/c1-10(23)21(28)16(22)7-13-11-6-17(26)20(27)9-15(25)14(24)8-19(20,3)12(11)4-5-18(13,21)2/h11-16,24-25,27-28H,4-9,22H2,1-3H3/t11-,12+,13+,14-,15+,16-,18+,19-,20+,21-/m1/s1. The predicted octanol–water partition coefficient (Wildman–Crippen LogP) is -0.0880. The summed E-state index contributed by atoms with van der Waals surface area (Å²) in [5, 5.41) is 43.1. The highest BCUT2D eigenvalue weighted by Crippen LogP contribution is 2.68. The van der Waals surface area contributed by atoms with Crippen molar-refractivity contribution in [3.8, 4) is 0 Å². The molecule has 0 bridgehead atoms. The van der Waals surface area contributed by atoms with Crippen molar-refractivity contribution in [2.75, 3.05) is 0 Å². The van der Waals surface area contributed by atoms with Crippen molar-refractivity contribution < 1.29 is 30.0 Å². The van der Waals surface area contributed by atoms with Gasteiger partial charge >= 0.3 is 0 Å². The van der Waals surface area contributed by atoms with E-state index in [0.717, 1.165) is 0 Å². The van der Waals surface area contributed by atoms with Crippen LogP contribution in [-0.2, 0) is 9.59 Å². The molecule has 4 fully saturated rings. The molecule has 0 aromatic heterocycles. The van der Waals surface area contributed by atoms with E-state index in [1.165, 1.54) is 6.92 Å². The first-order valence-corrected chi connectivity index (χ1v) is 10.4. The third kappa shape index (κ3) is 2.12. The number of aliphatic hydroxyl groups is 4. The van der Waals surface area contributed by atoms with Crippen LogP contribution in [0.2, 0.25) is 0 Å². The predicted molar refractivity (Wildman–Crippen MR) is 100.0 cm³/mol. The van der Waals surface area contributed by atoms with Crippen LogP contribution in [0.25, 0.3) is 0 Å². The lowest BCUT2D eigenvalue weighted by molar-refractivity contribution is -0.233. The summed E-state index contributed by atoms with van der Waals surface area (Å²) in [6.45, 7) is 5.14. The highest BCUT2D eigenvalue weighted by atomic mass is 16.3. The fourth-order valence-electron chi connectivity index (χ4n) is 7.81. The molecule has 6 N–H and O–H groups in total. The zero-order chi connectivity index (χ0) is 20.9. The van der Waals surface area contributed by atoms with Crippen molar-refractivity contribution in [2.24, 2.45) is 34.3 Å². The third-order valence-corrected chi connectivity index (χ3v) is 9.51. The number of nitrogens with two attached hydrogens (primary N) is 1. The molecule has 158 valence electrons. The first-order valence-electron chi connectivity index (χ1n) is 10.4. The van der Waals surface area contributed by atoms with E-state index in [9.17, 15) is 30.0 Å². The Morgan fingerprint density at radius 1 is 1.07 bits per heavy atom. The maximum Gasteiger partial charge on any atom is 0.165 e. The van der Waals surface area contributed by atoms with Gasteiger partial charge in [-0.25, -0.2) is 0 Å². The van der Waals surface area contributed by atoms with E-state index in [1.807, 2.05) is 13.8 Å². The summed E-state index contributed by atoms with van der Waals surface area (Å²) in [7, 11) is 0. The molecule has 0 saturated heterocycles. The molecule has 4 aliphatic rings. The number of ketones is 2. The van der Waals surface area contributed by atoms with Crippen LogP contribution in [-0.4, -0.2) is 61.4 Å². The van der Waals surface area contributed by atoms with Crippen LogP contribution in [0.4, 0.5) is 0 Å². The van der Waals surface area contributed by atoms with Gasteiger partial charge in [0.2, 0.25) is 0 Å². The second-order valence-electron chi connectivity index (χ2n) is 10.4. The highest BCUT2D eigenvalue weighted by molar-refractivity contribution is 5.90. The van der Waals surface area contributed by atoms with Gasteiger partial charge in [0.05, 0.1) is 12.2 Å². The molecule has 4 saturated carbocycles. The van der Waals surface area contributed by atoms with Crippen LogP contribution >= 0.6 is 0 Å². The molecule has 0 spiro atoms. The molecule has 28 heavy (non-hydrogen) atoms. The highest BCUT2D eigenvalue weighted by Gasteiger charge is 2.72. The van der Waals surface area contributed by atoms with Gasteiger partial charge in [0.15, 0.2) is 11.6 Å². The summed E-state index contributed by atoms with van der Waals surface area (Å²) in [6.07, 6.45) is -0.271. The molecule has 4 aliphatic carbocycles. The summed E-state index contributed by atoms with van der Waals surface area (Å²) >= 11 is 0. The number of carbonyl (C=O) groups is 2. The summed E-state index contributed by atoms with van der Waals surface area (Å²) in [5.41, 5.74) is 1.44. The fraction of sp³-hybridized carbons (Fsp3) is 0.905. The normalized spacial score (nSPS) is 58.6. The van der Waals surface area contributed by atoms with Crippen molar-refractivity contribution in [2.45, 2.75) is 88.7 Å². The molecule has 0 heterocycles.